The molecule has 14 heteroatoms. The van der Waals surface area contributed by atoms with Crippen LogP contribution < -0.4 is 26.6 Å². The third-order valence-corrected chi connectivity index (χ3v) is 6.99. The molecule has 234 valence electrons. The van der Waals surface area contributed by atoms with Gasteiger partial charge in [-0.2, -0.15) is 5.10 Å². The van der Waals surface area contributed by atoms with Crippen LogP contribution in [0, 0.1) is 11.6 Å². The number of aromatic carboxylic acids is 1. The van der Waals surface area contributed by atoms with Crippen molar-refractivity contribution in [3.8, 4) is 17.2 Å². The molecule has 45 heavy (non-hydrogen) atoms. The first-order valence-corrected chi connectivity index (χ1v) is 13.9. The molecule has 1 aliphatic rings. The summed E-state index contributed by atoms with van der Waals surface area (Å²) >= 11 is 0. The van der Waals surface area contributed by atoms with Gasteiger partial charge in [-0.15, -0.1) is 0 Å². The molecule has 0 aliphatic carbocycles. The number of carboxylic acids is 1. The van der Waals surface area contributed by atoms with E-state index in [1.54, 1.807) is 30.6 Å². The van der Waals surface area contributed by atoms with Gasteiger partial charge in [-0.25, -0.2) is 27.5 Å². The second kappa shape index (κ2) is 13.0. The number of carbonyl (C=O) groups is 1. The molecule has 1 aliphatic heterocycles. The Hall–Kier alpha value is -5.50. The quantitative estimate of drug-likeness (QED) is 0.268. The molecular formula is C31H30F2N6O6. The Kier molecular flexibility index (Phi) is 8.95. The Balaban J connectivity index is 0.000000180. The Morgan fingerprint density at radius 1 is 0.978 bits per heavy atom. The van der Waals surface area contributed by atoms with E-state index in [9.17, 15) is 23.2 Å². The van der Waals surface area contributed by atoms with E-state index < -0.39 is 34.4 Å². The van der Waals surface area contributed by atoms with Crippen LogP contribution in [-0.4, -0.2) is 56.1 Å². The number of anilines is 2. The third kappa shape index (κ3) is 6.70. The lowest BCUT2D eigenvalue weighted by Crippen LogP contribution is -2.41. The minimum Gasteiger partial charge on any atom is -0.477 e. The summed E-state index contributed by atoms with van der Waals surface area (Å²) in [7, 11) is 0. The zero-order chi connectivity index (χ0) is 32.2. The second-order valence-electron chi connectivity index (χ2n) is 10.4. The Labute approximate surface area is 255 Å². The van der Waals surface area contributed by atoms with E-state index in [0.717, 1.165) is 51.8 Å². The van der Waals surface area contributed by atoms with E-state index in [4.69, 9.17) is 20.3 Å². The molecule has 0 spiro atoms. The van der Waals surface area contributed by atoms with Crippen LogP contribution >= 0.6 is 0 Å². The Morgan fingerprint density at radius 3 is 2.33 bits per heavy atom. The molecule has 3 N–H and O–H groups in total. The van der Waals surface area contributed by atoms with Crippen LogP contribution in [0.2, 0.25) is 0 Å². The van der Waals surface area contributed by atoms with Gasteiger partial charge in [-0.05, 0) is 56.3 Å². The number of fused-ring (bicyclic) bond motifs is 1. The maximum Gasteiger partial charge on any atom is 0.342 e. The van der Waals surface area contributed by atoms with Crippen molar-refractivity contribution in [3.05, 3.63) is 111 Å². The minimum atomic E-state index is -1.43. The van der Waals surface area contributed by atoms with Crippen molar-refractivity contribution >= 4 is 22.9 Å². The van der Waals surface area contributed by atoms with Crippen molar-refractivity contribution in [2.75, 3.05) is 36.9 Å². The molecule has 0 amide bonds. The summed E-state index contributed by atoms with van der Waals surface area (Å²) in [6.45, 7) is 6.32. The average Bonchev–Trinajstić information content (AvgIpc) is 3.49. The highest BCUT2D eigenvalue weighted by molar-refractivity contribution is 5.86. The maximum atomic E-state index is 14.1. The summed E-state index contributed by atoms with van der Waals surface area (Å²) in [5, 5.41) is 13.4. The van der Waals surface area contributed by atoms with E-state index in [2.05, 4.69) is 10.00 Å². The number of morpholine rings is 1. The number of aromatic nitrogens is 4. The fraction of sp³-hybridized carbons (Fsp3) is 0.226. The van der Waals surface area contributed by atoms with Gasteiger partial charge in [0.2, 0.25) is 0 Å². The number of rotatable bonds is 6. The zero-order valence-electron chi connectivity index (χ0n) is 24.4. The molecule has 1 saturated heterocycles. The second-order valence-corrected chi connectivity index (χ2v) is 10.4. The lowest BCUT2D eigenvalue weighted by molar-refractivity contribution is 0.0693. The topological polar surface area (TPSA) is 146 Å². The highest BCUT2D eigenvalue weighted by atomic mass is 19.1. The summed E-state index contributed by atoms with van der Waals surface area (Å²) in [5.41, 5.74) is 5.64. The number of nitrogens with two attached hydrogens (primary N) is 1. The summed E-state index contributed by atoms with van der Waals surface area (Å²) < 4.78 is 41.8. The molecule has 3 aromatic heterocycles. The molecule has 0 bridgehead atoms. The zero-order valence-corrected chi connectivity index (χ0v) is 24.4. The number of benzene rings is 2. The fourth-order valence-corrected chi connectivity index (χ4v) is 4.68. The fourth-order valence-electron chi connectivity index (χ4n) is 4.68. The minimum absolute atomic E-state index is 0.115. The molecule has 0 saturated carbocycles. The molecule has 0 radical (unpaired) electrons. The van der Waals surface area contributed by atoms with Gasteiger partial charge in [-0.3, -0.25) is 9.36 Å². The van der Waals surface area contributed by atoms with Crippen molar-refractivity contribution in [2.24, 2.45) is 0 Å². The number of ether oxygens (including phenoxy) is 2. The van der Waals surface area contributed by atoms with E-state index in [1.807, 2.05) is 18.3 Å². The summed E-state index contributed by atoms with van der Waals surface area (Å²) in [4.78, 5) is 37.8. The van der Waals surface area contributed by atoms with Crippen LogP contribution in [0.5, 0.6) is 11.5 Å². The number of halogens is 2. The molecule has 12 nitrogen and oxygen atoms in total. The van der Waals surface area contributed by atoms with Gasteiger partial charge < -0.3 is 25.2 Å². The summed E-state index contributed by atoms with van der Waals surface area (Å²) in [5.74, 6) is -1.77. The summed E-state index contributed by atoms with van der Waals surface area (Å²) in [6, 6.07) is 12.4. The lowest BCUT2D eigenvalue weighted by Gasteiger charge is -2.29. The number of hydrogen-bond donors (Lipinski definition) is 2. The maximum absolute atomic E-state index is 14.1. The standard InChI is InChI=1S/C17H17FN4O2.C14H13FN2O4/c18-14-9-12(19)1-2-16(14)24-17-10-13(21-5-7-23-8-6-21)11-22-15(17)3-4-20-22;1-8(2)16-7-11(13(19)20)12(18)17(14(16)21)10-5-3-9(15)4-6-10/h1-4,9-11H,5-8,19H2;3-8H,1-2H3,(H,19,20). The summed E-state index contributed by atoms with van der Waals surface area (Å²) in [6.07, 6.45) is 4.65. The van der Waals surface area contributed by atoms with Crippen LogP contribution in [-0.2, 0) is 4.74 Å². The van der Waals surface area contributed by atoms with Crippen LogP contribution in [0.4, 0.5) is 20.2 Å². The number of nitrogens with zero attached hydrogens (tertiary/aromatic N) is 5. The first-order valence-electron chi connectivity index (χ1n) is 13.9. The third-order valence-electron chi connectivity index (χ3n) is 6.99. The van der Waals surface area contributed by atoms with Gasteiger partial charge in [0, 0.05) is 43.1 Å². The van der Waals surface area contributed by atoms with E-state index in [0.29, 0.717) is 24.7 Å². The van der Waals surface area contributed by atoms with Gasteiger partial charge in [0.25, 0.3) is 5.56 Å². The average molecular weight is 621 g/mol. The molecule has 0 unspecified atom stereocenters. The van der Waals surface area contributed by atoms with E-state index in [-0.39, 0.29) is 17.5 Å². The first-order chi connectivity index (χ1) is 21.5. The molecule has 4 heterocycles. The van der Waals surface area contributed by atoms with Crippen LogP contribution in [0.3, 0.4) is 0 Å². The predicted molar refractivity (Wildman–Crippen MR) is 163 cm³/mol. The van der Waals surface area contributed by atoms with Crippen LogP contribution in [0.15, 0.2) is 82.8 Å². The number of nitrogen functional groups attached to an aromatic ring is 1. The molecular weight excluding hydrogens is 590 g/mol. The molecule has 0 atom stereocenters. The molecule has 2 aromatic carbocycles. The van der Waals surface area contributed by atoms with Crippen LogP contribution in [0.1, 0.15) is 30.2 Å². The molecule has 6 rings (SSSR count). The highest BCUT2D eigenvalue weighted by Crippen LogP contribution is 2.32. The molecule has 5 aromatic rings. The van der Waals surface area contributed by atoms with Gasteiger partial charge >= 0.3 is 11.7 Å². The smallest absolute Gasteiger partial charge is 0.342 e. The SMILES string of the molecule is CC(C)n1cc(C(=O)O)c(=O)n(-c2ccc(F)cc2)c1=O.Nc1ccc(Oc2cc(N3CCOCC3)cn3nccc23)c(F)c1. The number of carboxylic acid groups (broad SMARTS) is 1. The van der Waals surface area contributed by atoms with Crippen LogP contribution in [0.25, 0.3) is 11.2 Å². The van der Waals surface area contributed by atoms with Crippen molar-refractivity contribution in [2.45, 2.75) is 19.9 Å². The largest absolute Gasteiger partial charge is 0.477 e. The van der Waals surface area contributed by atoms with Gasteiger partial charge in [0.15, 0.2) is 17.3 Å². The number of pyridine rings is 1. The Morgan fingerprint density at radius 2 is 1.69 bits per heavy atom. The molecule has 1 fully saturated rings. The first kappa shape index (κ1) is 30.9. The van der Waals surface area contributed by atoms with E-state index >= 15 is 0 Å². The van der Waals surface area contributed by atoms with Crippen molar-refractivity contribution in [3.63, 3.8) is 0 Å². The number of hydrogen-bond acceptors (Lipinski definition) is 8. The van der Waals surface area contributed by atoms with Crippen molar-refractivity contribution < 1.29 is 28.2 Å². The van der Waals surface area contributed by atoms with Gasteiger partial charge in [0.1, 0.15) is 16.9 Å². The normalized spacial score (nSPS) is 13.0. The highest BCUT2D eigenvalue weighted by Gasteiger charge is 2.19. The van der Waals surface area contributed by atoms with E-state index in [1.165, 1.54) is 24.3 Å². The lowest BCUT2D eigenvalue weighted by atomic mass is 10.2. The van der Waals surface area contributed by atoms with Crippen molar-refractivity contribution in [1.29, 1.82) is 0 Å². The predicted octanol–water partition coefficient (Wildman–Crippen LogP) is 4.10. The Bertz CT molecular complexity index is 1960. The van der Waals surface area contributed by atoms with Crippen molar-refractivity contribution in [1.82, 2.24) is 18.7 Å². The van der Waals surface area contributed by atoms with Gasteiger partial charge in [-0.1, -0.05) is 0 Å². The monoisotopic (exact) mass is 620 g/mol. The van der Waals surface area contributed by atoms with Gasteiger partial charge in [0.05, 0.1) is 37.0 Å².